The van der Waals surface area contributed by atoms with Crippen molar-refractivity contribution in [2.24, 2.45) is 5.92 Å². The van der Waals surface area contributed by atoms with Crippen LogP contribution < -0.4 is 14.8 Å². The van der Waals surface area contributed by atoms with E-state index in [-0.39, 0.29) is 30.7 Å². The molecule has 196 valence electrons. The highest BCUT2D eigenvalue weighted by atomic mass is 19.4. The van der Waals surface area contributed by atoms with Gasteiger partial charge in [-0.25, -0.2) is 0 Å². The fraction of sp³-hybridized carbons (Fsp3) is 0.357. The van der Waals surface area contributed by atoms with Crippen LogP contribution in [0.2, 0.25) is 0 Å². The second-order valence-electron chi connectivity index (χ2n) is 8.83. The summed E-state index contributed by atoms with van der Waals surface area (Å²) in [5.41, 5.74) is 0.588. The maximum absolute atomic E-state index is 13.9. The number of nitrogens with zero attached hydrogens (tertiary/aromatic N) is 2. The van der Waals surface area contributed by atoms with Gasteiger partial charge in [-0.3, -0.25) is 9.78 Å². The molecule has 2 heterocycles. The molecule has 9 heteroatoms. The van der Waals surface area contributed by atoms with Crippen molar-refractivity contribution < 1.29 is 27.4 Å². The van der Waals surface area contributed by atoms with E-state index in [1.54, 1.807) is 24.3 Å². The van der Waals surface area contributed by atoms with Gasteiger partial charge in [-0.15, -0.1) is 0 Å². The quantitative estimate of drug-likeness (QED) is 0.431. The molecule has 1 saturated heterocycles. The van der Waals surface area contributed by atoms with Crippen molar-refractivity contribution in [2.75, 3.05) is 33.4 Å². The van der Waals surface area contributed by atoms with Gasteiger partial charge in [-0.2, -0.15) is 13.2 Å². The largest absolute Gasteiger partial charge is 0.497 e. The average Bonchev–Trinajstić information content (AvgIpc) is 2.93. The van der Waals surface area contributed by atoms with E-state index in [2.05, 4.69) is 10.3 Å². The van der Waals surface area contributed by atoms with E-state index in [1.165, 1.54) is 18.2 Å². The van der Waals surface area contributed by atoms with Gasteiger partial charge in [0.2, 0.25) is 5.91 Å². The summed E-state index contributed by atoms with van der Waals surface area (Å²) in [7, 11) is 1.57. The molecule has 1 aromatic heterocycles. The Hall–Kier alpha value is -3.59. The number of pyridine rings is 1. The third-order valence-electron chi connectivity index (χ3n) is 6.44. The molecule has 1 N–H and O–H groups in total. The fourth-order valence-electron chi connectivity index (χ4n) is 4.61. The zero-order valence-corrected chi connectivity index (χ0v) is 20.6. The summed E-state index contributed by atoms with van der Waals surface area (Å²) < 4.78 is 51.5. The molecular weight excluding hydrogens is 483 g/mol. The van der Waals surface area contributed by atoms with Gasteiger partial charge in [0.15, 0.2) is 0 Å². The first kappa shape index (κ1) is 26.5. The minimum atomic E-state index is -4.54. The maximum Gasteiger partial charge on any atom is 0.419 e. The number of carbonyl (C=O) groups excluding carboxylic acids is 1. The number of ether oxygens (including phenoxy) is 2. The summed E-state index contributed by atoms with van der Waals surface area (Å²) in [6.07, 6.45) is -1.52. The second kappa shape index (κ2) is 12.1. The van der Waals surface area contributed by atoms with Crippen LogP contribution in [0.4, 0.5) is 13.2 Å². The van der Waals surface area contributed by atoms with E-state index in [1.807, 2.05) is 36.4 Å². The van der Waals surface area contributed by atoms with Crippen molar-refractivity contribution in [3.8, 4) is 11.5 Å². The number of alkyl halides is 3. The summed E-state index contributed by atoms with van der Waals surface area (Å²) in [6, 6.07) is 17.4. The van der Waals surface area contributed by atoms with Gasteiger partial charge in [0.25, 0.3) is 0 Å². The van der Waals surface area contributed by atoms with Crippen LogP contribution in [0.1, 0.15) is 35.7 Å². The van der Waals surface area contributed by atoms with Crippen molar-refractivity contribution in [1.82, 2.24) is 15.2 Å². The third-order valence-corrected chi connectivity index (χ3v) is 6.44. The van der Waals surface area contributed by atoms with Gasteiger partial charge in [-0.05, 0) is 67.9 Å². The first-order valence-electron chi connectivity index (χ1n) is 12.2. The zero-order chi connectivity index (χ0) is 26.3. The normalized spacial score (nSPS) is 15.1. The van der Waals surface area contributed by atoms with Crippen LogP contribution in [0, 0.1) is 5.92 Å². The first-order chi connectivity index (χ1) is 17.9. The van der Waals surface area contributed by atoms with Crippen LogP contribution in [0.25, 0.3) is 0 Å². The predicted molar refractivity (Wildman–Crippen MR) is 133 cm³/mol. The number of benzene rings is 2. The van der Waals surface area contributed by atoms with Crippen molar-refractivity contribution in [3.05, 3.63) is 89.7 Å². The monoisotopic (exact) mass is 513 g/mol. The number of hydrogen-bond acceptors (Lipinski definition) is 5. The summed E-state index contributed by atoms with van der Waals surface area (Å²) >= 11 is 0. The molecule has 0 aliphatic carbocycles. The molecule has 2 aromatic carbocycles. The van der Waals surface area contributed by atoms with Crippen LogP contribution >= 0.6 is 0 Å². The zero-order valence-electron chi connectivity index (χ0n) is 20.6. The third kappa shape index (κ3) is 6.60. The molecule has 0 spiro atoms. The number of methoxy groups -OCH3 is 1. The molecule has 3 aromatic rings. The Morgan fingerprint density at radius 1 is 1.08 bits per heavy atom. The van der Waals surface area contributed by atoms with E-state index in [4.69, 9.17) is 9.47 Å². The van der Waals surface area contributed by atoms with Crippen molar-refractivity contribution in [3.63, 3.8) is 0 Å². The van der Waals surface area contributed by atoms with E-state index >= 15 is 0 Å². The fourth-order valence-corrected chi connectivity index (χ4v) is 4.61. The molecule has 0 unspecified atom stereocenters. The highest BCUT2D eigenvalue weighted by Gasteiger charge is 2.35. The molecule has 1 aliphatic rings. The number of carbonyl (C=O) groups is 1. The smallest absolute Gasteiger partial charge is 0.419 e. The molecule has 37 heavy (non-hydrogen) atoms. The molecule has 1 fully saturated rings. The second-order valence-corrected chi connectivity index (χ2v) is 8.83. The van der Waals surface area contributed by atoms with Gasteiger partial charge in [0.05, 0.1) is 31.0 Å². The summed E-state index contributed by atoms with van der Waals surface area (Å²) in [5.74, 6) is 0.0799. The highest BCUT2D eigenvalue weighted by molar-refractivity contribution is 5.80. The molecule has 4 rings (SSSR count). The van der Waals surface area contributed by atoms with Crippen LogP contribution in [-0.4, -0.2) is 49.1 Å². The maximum atomic E-state index is 13.9. The molecule has 0 saturated carbocycles. The Bertz CT molecular complexity index is 1170. The Balaban J connectivity index is 1.68. The van der Waals surface area contributed by atoms with Crippen LogP contribution in [-0.2, 0) is 11.0 Å². The topological polar surface area (TPSA) is 63.7 Å². The van der Waals surface area contributed by atoms with Crippen molar-refractivity contribution >= 4 is 5.91 Å². The van der Waals surface area contributed by atoms with E-state index in [9.17, 15) is 18.0 Å². The van der Waals surface area contributed by atoms with E-state index < -0.39 is 17.8 Å². The minimum Gasteiger partial charge on any atom is -0.497 e. The van der Waals surface area contributed by atoms with Gasteiger partial charge in [-0.1, -0.05) is 30.3 Å². The van der Waals surface area contributed by atoms with Gasteiger partial charge >= 0.3 is 6.18 Å². The highest BCUT2D eigenvalue weighted by Crippen LogP contribution is 2.36. The van der Waals surface area contributed by atoms with Crippen LogP contribution in [0.15, 0.2) is 72.9 Å². The van der Waals surface area contributed by atoms with Crippen LogP contribution in [0.3, 0.4) is 0 Å². The van der Waals surface area contributed by atoms with Crippen molar-refractivity contribution in [2.45, 2.75) is 25.1 Å². The summed E-state index contributed by atoms with van der Waals surface area (Å²) in [6.45, 7) is 1.42. The van der Waals surface area contributed by atoms with E-state index in [0.717, 1.165) is 24.7 Å². The lowest BCUT2D eigenvalue weighted by atomic mass is 9.93. The average molecular weight is 514 g/mol. The lowest BCUT2D eigenvalue weighted by Crippen LogP contribution is -2.45. The number of piperidine rings is 1. The lowest BCUT2D eigenvalue weighted by Gasteiger charge is -2.36. The lowest BCUT2D eigenvalue weighted by molar-refractivity contribution is -0.141. The number of para-hydroxylation sites is 1. The Morgan fingerprint density at radius 2 is 1.84 bits per heavy atom. The summed E-state index contributed by atoms with van der Waals surface area (Å²) in [4.78, 5) is 20.1. The van der Waals surface area contributed by atoms with Gasteiger partial charge < -0.3 is 19.7 Å². The summed E-state index contributed by atoms with van der Waals surface area (Å²) in [5, 5.41) is 3.27. The predicted octanol–water partition coefficient (Wildman–Crippen LogP) is 5.11. The first-order valence-corrected chi connectivity index (χ1v) is 12.2. The minimum absolute atomic E-state index is 0.0762. The Morgan fingerprint density at radius 3 is 2.54 bits per heavy atom. The molecule has 6 nitrogen and oxygen atoms in total. The molecule has 1 amide bonds. The van der Waals surface area contributed by atoms with Gasteiger partial charge in [0.1, 0.15) is 18.1 Å². The van der Waals surface area contributed by atoms with Gasteiger partial charge in [0, 0.05) is 12.1 Å². The van der Waals surface area contributed by atoms with E-state index in [0.29, 0.717) is 24.3 Å². The number of hydrogen-bond donors (Lipinski definition) is 1. The van der Waals surface area contributed by atoms with Crippen LogP contribution in [0.5, 0.6) is 11.5 Å². The SMILES string of the molecule is COc1cccc([C@@H](c2ccccn2)N(CCOc2ccccc2C(F)(F)F)C(=O)C2CCNCC2)c1. The number of aromatic nitrogens is 1. The standard InChI is InChI=1S/C28H30F3N3O3/c1-36-22-8-6-7-21(19-22)26(24-10-4-5-14-33-24)34(27(35)20-12-15-32-16-13-20)17-18-37-25-11-3-2-9-23(25)28(29,30)31/h2-11,14,19-20,26,32H,12-13,15-18H2,1H3/t26-/m0/s1. The molecular formula is C28H30F3N3O3. The molecule has 1 aliphatic heterocycles. The number of halogens is 3. The molecule has 1 atom stereocenters. The number of nitrogens with one attached hydrogen (secondary N) is 1. The Kier molecular flexibility index (Phi) is 8.66. The Labute approximate surface area is 214 Å². The molecule has 0 bridgehead atoms. The molecule has 0 radical (unpaired) electrons. The van der Waals surface area contributed by atoms with Crippen molar-refractivity contribution in [1.29, 1.82) is 0 Å². The number of amides is 1. The number of rotatable bonds is 9.